The Balaban J connectivity index is 1.74. The summed E-state index contributed by atoms with van der Waals surface area (Å²) < 4.78 is 3.10. The molecule has 0 amide bonds. The first-order valence-corrected chi connectivity index (χ1v) is 8.09. The molecule has 1 saturated heterocycles. The van der Waals surface area contributed by atoms with Crippen LogP contribution in [0.1, 0.15) is 26.8 Å². The molecule has 22 heavy (non-hydrogen) atoms. The van der Waals surface area contributed by atoms with Gasteiger partial charge in [-0.25, -0.2) is 14.8 Å². The van der Waals surface area contributed by atoms with Gasteiger partial charge in [-0.05, 0) is 43.4 Å². The summed E-state index contributed by atoms with van der Waals surface area (Å²) in [7, 11) is 0. The second-order valence-electron chi connectivity index (χ2n) is 6.47. The van der Waals surface area contributed by atoms with Crippen molar-refractivity contribution in [2.45, 2.75) is 26.8 Å². The molecule has 0 bridgehead atoms. The van der Waals surface area contributed by atoms with Crippen molar-refractivity contribution in [1.29, 1.82) is 0 Å². The molecule has 1 aliphatic rings. The van der Waals surface area contributed by atoms with Gasteiger partial charge in [-0.1, -0.05) is 0 Å². The number of hydrogen-bond donors (Lipinski definition) is 1. The minimum atomic E-state index is -0.498. The Morgan fingerprint density at radius 1 is 1.41 bits per heavy atom. The van der Waals surface area contributed by atoms with Gasteiger partial charge in [0.15, 0.2) is 0 Å². The van der Waals surface area contributed by atoms with Crippen LogP contribution < -0.4 is 5.73 Å². The van der Waals surface area contributed by atoms with Gasteiger partial charge in [0.25, 0.3) is 0 Å². The van der Waals surface area contributed by atoms with E-state index in [1.807, 2.05) is 27.0 Å². The fraction of sp³-hybridized carbons (Fsp3) is 0.500. The average Bonchev–Trinajstić information content (AvgIpc) is 2.70. The Morgan fingerprint density at radius 3 is 2.73 bits per heavy atom. The smallest absolute Gasteiger partial charge is 0.330 e. The van der Waals surface area contributed by atoms with Gasteiger partial charge in [0.05, 0.1) is 29.9 Å². The number of aromatic nitrogens is 3. The Kier molecular flexibility index (Phi) is 3.76. The van der Waals surface area contributed by atoms with E-state index in [4.69, 9.17) is 10.6 Å². The summed E-state index contributed by atoms with van der Waals surface area (Å²) in [6, 6.07) is 0.216. The molecule has 1 aliphatic heterocycles. The van der Waals surface area contributed by atoms with Crippen molar-refractivity contribution in [3.05, 3.63) is 16.1 Å². The number of nitrogens with two attached hydrogens (primary N) is 1. The highest BCUT2D eigenvalue weighted by Crippen LogP contribution is 2.31. The van der Waals surface area contributed by atoms with E-state index < -0.39 is 5.41 Å². The monoisotopic (exact) mass is 415 g/mol. The Labute approximate surface area is 141 Å². The van der Waals surface area contributed by atoms with Crippen LogP contribution in [0.2, 0.25) is 0 Å². The van der Waals surface area contributed by atoms with Crippen LogP contribution in [0.3, 0.4) is 0 Å². The van der Waals surface area contributed by atoms with Gasteiger partial charge < -0.3 is 15.1 Å². The minimum Gasteiger partial charge on any atom is -0.383 e. The maximum atomic E-state index is 11.9. The van der Waals surface area contributed by atoms with E-state index in [2.05, 4.69) is 37.1 Å². The first-order valence-electron chi connectivity index (χ1n) is 7.01. The van der Waals surface area contributed by atoms with Crippen LogP contribution in [-0.2, 0) is 9.63 Å². The van der Waals surface area contributed by atoms with Gasteiger partial charge >= 0.3 is 5.97 Å². The minimum absolute atomic E-state index is 0.216. The number of nitrogens with zero attached hydrogens (tertiary/aromatic N) is 4. The summed E-state index contributed by atoms with van der Waals surface area (Å²) in [6.45, 7) is 6.81. The summed E-state index contributed by atoms with van der Waals surface area (Å²) >= 11 is 2.23. The largest absolute Gasteiger partial charge is 0.383 e. The fourth-order valence-corrected chi connectivity index (χ4v) is 3.08. The quantitative estimate of drug-likeness (QED) is 0.756. The molecule has 0 aromatic carbocycles. The number of hydrogen-bond acceptors (Lipinski definition) is 6. The summed E-state index contributed by atoms with van der Waals surface area (Å²) in [5, 5.41) is 2.56. The number of nitrogen functional groups attached to an aromatic ring is 1. The Morgan fingerprint density at radius 2 is 2.09 bits per heavy atom. The summed E-state index contributed by atoms with van der Waals surface area (Å²) in [4.78, 5) is 25.6. The molecular weight excluding hydrogens is 397 g/mol. The van der Waals surface area contributed by atoms with E-state index in [0.717, 1.165) is 14.6 Å². The van der Waals surface area contributed by atoms with Crippen molar-refractivity contribution in [2.24, 2.45) is 5.41 Å². The first kappa shape index (κ1) is 15.5. The van der Waals surface area contributed by atoms with Crippen molar-refractivity contribution in [1.82, 2.24) is 19.6 Å². The van der Waals surface area contributed by atoms with E-state index in [9.17, 15) is 4.79 Å². The third-order valence-electron chi connectivity index (χ3n) is 3.64. The standard InChI is InChI=1S/C14H18IN5O2/c1-14(2,3)13(21)22-19-4-8(5-19)20-6-9(15)10-11(16)17-7-18-12(10)20/h6-8H,4-5H2,1-3H3,(H2,16,17,18). The fourth-order valence-electron chi connectivity index (χ4n) is 2.26. The predicted molar refractivity (Wildman–Crippen MR) is 90.8 cm³/mol. The normalized spacial score (nSPS) is 16.7. The number of carbonyl (C=O) groups excluding carboxylic acids is 1. The first-order chi connectivity index (χ1) is 10.3. The molecule has 118 valence electrons. The molecule has 0 radical (unpaired) electrons. The highest BCUT2D eigenvalue weighted by atomic mass is 127. The van der Waals surface area contributed by atoms with Gasteiger partial charge in [0, 0.05) is 9.77 Å². The highest BCUT2D eigenvalue weighted by Gasteiger charge is 2.35. The predicted octanol–water partition coefficient (Wildman–Crippen LogP) is 1.98. The number of anilines is 1. The molecule has 2 N–H and O–H groups in total. The van der Waals surface area contributed by atoms with Crippen LogP contribution in [0, 0.1) is 8.99 Å². The molecule has 0 unspecified atom stereocenters. The van der Waals surface area contributed by atoms with E-state index >= 15 is 0 Å². The molecule has 0 atom stereocenters. The van der Waals surface area contributed by atoms with E-state index in [0.29, 0.717) is 18.9 Å². The summed E-state index contributed by atoms with van der Waals surface area (Å²) in [5.74, 6) is 0.271. The number of halogens is 1. The van der Waals surface area contributed by atoms with E-state index in [1.54, 1.807) is 5.06 Å². The van der Waals surface area contributed by atoms with Gasteiger partial charge in [-0.2, -0.15) is 0 Å². The average molecular weight is 415 g/mol. The SMILES string of the molecule is CC(C)(C)C(=O)ON1CC(n2cc(I)c3c(N)ncnc32)C1. The molecular formula is C14H18IN5O2. The molecule has 2 aromatic heterocycles. The lowest BCUT2D eigenvalue weighted by Gasteiger charge is -2.39. The van der Waals surface area contributed by atoms with Gasteiger partial charge in [0.1, 0.15) is 17.8 Å². The zero-order valence-corrected chi connectivity index (χ0v) is 14.9. The molecule has 0 aliphatic carbocycles. The summed E-state index contributed by atoms with van der Waals surface area (Å²) in [6.07, 6.45) is 3.49. The molecule has 2 aromatic rings. The Hall–Kier alpha value is -1.42. The molecule has 0 spiro atoms. The van der Waals surface area contributed by atoms with Crippen LogP contribution in [-0.4, -0.2) is 38.7 Å². The maximum absolute atomic E-state index is 11.9. The number of carbonyl (C=O) groups is 1. The number of hydroxylamine groups is 2. The van der Waals surface area contributed by atoms with Crippen LogP contribution in [0.5, 0.6) is 0 Å². The topological polar surface area (TPSA) is 86.3 Å². The zero-order chi connectivity index (χ0) is 16.1. The second-order valence-corrected chi connectivity index (χ2v) is 7.63. The molecule has 3 rings (SSSR count). The lowest BCUT2D eigenvalue weighted by molar-refractivity contribution is -0.225. The molecule has 7 nitrogen and oxygen atoms in total. The van der Waals surface area contributed by atoms with E-state index in [1.165, 1.54) is 6.33 Å². The Bertz CT molecular complexity index is 731. The van der Waals surface area contributed by atoms with Gasteiger partial charge in [-0.3, -0.25) is 0 Å². The lowest BCUT2D eigenvalue weighted by Crippen LogP contribution is -2.49. The van der Waals surface area contributed by atoms with Crippen molar-refractivity contribution in [2.75, 3.05) is 18.8 Å². The third-order valence-corrected chi connectivity index (χ3v) is 4.46. The third kappa shape index (κ3) is 2.65. The lowest BCUT2D eigenvalue weighted by atomic mass is 9.98. The van der Waals surface area contributed by atoms with Gasteiger partial charge in [-0.15, -0.1) is 5.06 Å². The maximum Gasteiger partial charge on any atom is 0.330 e. The van der Waals surface area contributed by atoms with Gasteiger partial charge in [0.2, 0.25) is 0 Å². The van der Waals surface area contributed by atoms with Crippen LogP contribution in [0.25, 0.3) is 11.0 Å². The molecule has 1 fully saturated rings. The molecule has 8 heteroatoms. The molecule has 3 heterocycles. The van der Waals surface area contributed by atoms with Crippen molar-refractivity contribution < 1.29 is 9.63 Å². The van der Waals surface area contributed by atoms with Crippen molar-refractivity contribution in [3.8, 4) is 0 Å². The molecule has 0 saturated carbocycles. The summed E-state index contributed by atoms with van der Waals surface area (Å²) in [5.41, 5.74) is 6.25. The van der Waals surface area contributed by atoms with Crippen molar-refractivity contribution in [3.63, 3.8) is 0 Å². The van der Waals surface area contributed by atoms with Crippen LogP contribution in [0.15, 0.2) is 12.5 Å². The second kappa shape index (κ2) is 5.34. The highest BCUT2D eigenvalue weighted by molar-refractivity contribution is 14.1. The van der Waals surface area contributed by atoms with Crippen molar-refractivity contribution >= 4 is 45.4 Å². The van der Waals surface area contributed by atoms with E-state index in [-0.39, 0.29) is 12.0 Å². The number of fused-ring (bicyclic) bond motifs is 1. The van der Waals surface area contributed by atoms with Crippen LogP contribution in [0.4, 0.5) is 5.82 Å². The van der Waals surface area contributed by atoms with Crippen LogP contribution >= 0.6 is 22.6 Å². The number of rotatable bonds is 2. The zero-order valence-electron chi connectivity index (χ0n) is 12.7.